The number of benzene rings is 2. The van der Waals surface area contributed by atoms with Gasteiger partial charge in [-0.1, -0.05) is 60.7 Å². The van der Waals surface area contributed by atoms with Crippen LogP contribution in [0, 0.1) is 0 Å². The minimum absolute atomic E-state index is 0. The number of nitrogen functional groups attached to an aromatic ring is 3. The molecule has 0 spiro atoms. The summed E-state index contributed by atoms with van der Waals surface area (Å²) in [6, 6.07) is 20.2. The third-order valence-corrected chi connectivity index (χ3v) is 3.70. The van der Waals surface area contributed by atoms with E-state index in [0.29, 0.717) is 24.6 Å². The average Bonchev–Trinajstić information content (AvgIpc) is 2.59. The second kappa shape index (κ2) is 9.70. The highest BCUT2D eigenvalue weighted by Crippen LogP contribution is 2.28. The molecule has 26 heavy (non-hydrogen) atoms. The van der Waals surface area contributed by atoms with Gasteiger partial charge >= 0.3 is 0 Å². The molecule has 1 aromatic heterocycles. The van der Waals surface area contributed by atoms with Gasteiger partial charge in [-0.3, -0.25) is 0 Å². The predicted molar refractivity (Wildman–Crippen MR) is 113 cm³/mol. The zero-order chi connectivity index (χ0) is 16.9. The van der Waals surface area contributed by atoms with Gasteiger partial charge in [0.05, 0.1) is 0 Å². The zero-order valence-electron chi connectivity index (χ0n) is 14.1. The van der Waals surface area contributed by atoms with E-state index >= 15 is 0 Å². The summed E-state index contributed by atoms with van der Waals surface area (Å²) in [6.07, 6.45) is 0. The average molecular weight is 393 g/mol. The molecule has 1 heterocycles. The van der Waals surface area contributed by atoms with Crippen LogP contribution in [0.25, 0.3) is 0 Å². The van der Waals surface area contributed by atoms with Gasteiger partial charge in [0, 0.05) is 13.1 Å². The van der Waals surface area contributed by atoms with E-state index in [9.17, 15) is 0 Å². The molecule has 2 aromatic carbocycles. The number of aromatic nitrogens is 2. The van der Waals surface area contributed by atoms with Gasteiger partial charge in [-0.05, 0) is 11.1 Å². The molecule has 0 bridgehead atoms. The molecule has 0 aliphatic rings. The maximum Gasteiger partial charge on any atom is 0.224 e. The van der Waals surface area contributed by atoms with E-state index < -0.39 is 0 Å². The Hall–Kier alpha value is -2.70. The van der Waals surface area contributed by atoms with E-state index in [1.807, 2.05) is 36.4 Å². The maximum absolute atomic E-state index is 6.11. The van der Waals surface area contributed by atoms with Crippen molar-refractivity contribution >= 4 is 48.1 Å². The highest BCUT2D eigenvalue weighted by molar-refractivity contribution is 5.85. The molecule has 0 saturated heterocycles. The van der Waals surface area contributed by atoms with Gasteiger partial charge in [0.15, 0.2) is 11.6 Å². The molecule has 0 aliphatic heterocycles. The van der Waals surface area contributed by atoms with Crippen LogP contribution in [-0.4, -0.2) is 9.97 Å². The summed E-state index contributed by atoms with van der Waals surface area (Å²) >= 11 is 0. The van der Waals surface area contributed by atoms with Crippen LogP contribution >= 0.6 is 24.8 Å². The fourth-order valence-electron chi connectivity index (χ4n) is 2.55. The summed E-state index contributed by atoms with van der Waals surface area (Å²) < 4.78 is 0. The monoisotopic (exact) mass is 392 g/mol. The Balaban J connectivity index is 0.00000169. The van der Waals surface area contributed by atoms with Gasteiger partial charge in [0.1, 0.15) is 5.69 Å². The van der Waals surface area contributed by atoms with Crippen molar-refractivity contribution in [2.45, 2.75) is 13.1 Å². The SMILES string of the molecule is Cl.Cl.Nc1nc(N)c(N)c(N(Cc2ccccc2)Cc2ccccc2)n1. The number of anilines is 4. The molecule has 138 valence electrons. The Morgan fingerprint density at radius 2 is 1.15 bits per heavy atom. The molecule has 0 aliphatic carbocycles. The van der Waals surface area contributed by atoms with Crippen molar-refractivity contribution < 1.29 is 0 Å². The quantitative estimate of drug-likeness (QED) is 0.614. The van der Waals surface area contributed by atoms with E-state index in [1.165, 1.54) is 0 Å². The molecule has 0 amide bonds. The molecule has 3 rings (SSSR count). The van der Waals surface area contributed by atoms with Crippen molar-refractivity contribution in [3.05, 3.63) is 71.8 Å². The third kappa shape index (κ3) is 5.15. The fourth-order valence-corrected chi connectivity index (χ4v) is 2.55. The van der Waals surface area contributed by atoms with Gasteiger partial charge in [-0.25, -0.2) is 0 Å². The van der Waals surface area contributed by atoms with Crippen LogP contribution in [0.15, 0.2) is 60.7 Å². The summed E-state index contributed by atoms with van der Waals surface area (Å²) in [7, 11) is 0. The van der Waals surface area contributed by atoms with E-state index in [-0.39, 0.29) is 36.6 Å². The van der Waals surface area contributed by atoms with Crippen LogP contribution in [-0.2, 0) is 13.1 Å². The molecule has 0 saturated carbocycles. The summed E-state index contributed by atoms with van der Waals surface area (Å²) in [5.74, 6) is 0.860. The van der Waals surface area contributed by atoms with Crippen molar-refractivity contribution in [2.24, 2.45) is 0 Å². The second-order valence-electron chi connectivity index (χ2n) is 5.53. The lowest BCUT2D eigenvalue weighted by atomic mass is 10.1. The largest absolute Gasteiger partial charge is 0.393 e. The number of halogens is 2. The van der Waals surface area contributed by atoms with Crippen LogP contribution in [0.5, 0.6) is 0 Å². The normalized spacial score (nSPS) is 9.69. The first kappa shape index (κ1) is 21.3. The van der Waals surface area contributed by atoms with Crippen molar-refractivity contribution in [1.29, 1.82) is 0 Å². The molecular weight excluding hydrogens is 371 g/mol. The number of nitrogens with zero attached hydrogens (tertiary/aromatic N) is 3. The zero-order valence-corrected chi connectivity index (χ0v) is 15.7. The van der Waals surface area contributed by atoms with Crippen LogP contribution in [0.1, 0.15) is 11.1 Å². The van der Waals surface area contributed by atoms with E-state index in [0.717, 1.165) is 11.1 Å². The van der Waals surface area contributed by atoms with E-state index in [2.05, 4.69) is 39.1 Å². The summed E-state index contributed by atoms with van der Waals surface area (Å²) in [4.78, 5) is 10.3. The van der Waals surface area contributed by atoms with E-state index in [4.69, 9.17) is 17.2 Å². The minimum Gasteiger partial charge on any atom is -0.393 e. The molecule has 0 atom stereocenters. The highest BCUT2D eigenvalue weighted by atomic mass is 35.5. The summed E-state index contributed by atoms with van der Waals surface area (Å²) in [6.45, 7) is 1.27. The van der Waals surface area contributed by atoms with Gasteiger partial charge < -0.3 is 22.1 Å². The number of hydrogen-bond acceptors (Lipinski definition) is 6. The Kier molecular flexibility index (Phi) is 7.96. The van der Waals surface area contributed by atoms with Crippen LogP contribution in [0.3, 0.4) is 0 Å². The number of nitrogens with two attached hydrogens (primary N) is 3. The smallest absolute Gasteiger partial charge is 0.224 e. The highest BCUT2D eigenvalue weighted by Gasteiger charge is 2.16. The molecule has 0 fully saturated rings. The topological polar surface area (TPSA) is 107 Å². The lowest BCUT2D eigenvalue weighted by Crippen LogP contribution is -2.25. The molecular formula is C18H22Cl2N6. The first-order chi connectivity index (χ1) is 11.6. The molecule has 0 unspecified atom stereocenters. The number of hydrogen-bond donors (Lipinski definition) is 3. The maximum atomic E-state index is 6.11. The Labute approximate surface area is 165 Å². The number of rotatable bonds is 5. The van der Waals surface area contributed by atoms with Gasteiger partial charge in [-0.2, -0.15) is 9.97 Å². The van der Waals surface area contributed by atoms with Crippen molar-refractivity contribution in [1.82, 2.24) is 9.97 Å². The molecule has 0 radical (unpaired) electrons. The van der Waals surface area contributed by atoms with Crippen LogP contribution < -0.4 is 22.1 Å². The first-order valence-electron chi connectivity index (χ1n) is 7.64. The second-order valence-corrected chi connectivity index (χ2v) is 5.53. The summed E-state index contributed by atoms with van der Waals surface area (Å²) in [5, 5.41) is 0. The van der Waals surface area contributed by atoms with Crippen LogP contribution in [0.4, 0.5) is 23.3 Å². The molecule has 6 N–H and O–H groups in total. The molecule has 8 heteroatoms. The van der Waals surface area contributed by atoms with E-state index in [1.54, 1.807) is 0 Å². The Bertz CT molecular complexity index is 773. The van der Waals surface area contributed by atoms with Gasteiger partial charge in [-0.15, -0.1) is 24.8 Å². The minimum atomic E-state index is 0. The van der Waals surface area contributed by atoms with Crippen LogP contribution in [0.2, 0.25) is 0 Å². The summed E-state index contributed by atoms with van der Waals surface area (Å²) in [5.41, 5.74) is 20.4. The molecule has 3 aromatic rings. The molecule has 6 nitrogen and oxygen atoms in total. The Morgan fingerprint density at radius 1 is 0.692 bits per heavy atom. The first-order valence-corrected chi connectivity index (χ1v) is 7.64. The van der Waals surface area contributed by atoms with Gasteiger partial charge in [0.2, 0.25) is 5.95 Å². The van der Waals surface area contributed by atoms with Crippen molar-refractivity contribution in [3.8, 4) is 0 Å². The van der Waals surface area contributed by atoms with Crippen molar-refractivity contribution in [2.75, 3.05) is 22.1 Å². The lowest BCUT2D eigenvalue weighted by molar-refractivity contribution is 0.784. The third-order valence-electron chi connectivity index (χ3n) is 3.70. The fraction of sp³-hybridized carbons (Fsp3) is 0.111. The predicted octanol–water partition coefficient (Wildman–Crippen LogP) is 3.27. The standard InChI is InChI=1S/C18H20N6.2ClH/c19-15-16(20)22-18(21)23-17(15)24(11-13-7-3-1-4-8-13)12-14-9-5-2-6-10-14;;/h1-10H,11-12,19H2,(H4,20,21,22,23);2*1H. The lowest BCUT2D eigenvalue weighted by Gasteiger charge is -2.25. The van der Waals surface area contributed by atoms with Gasteiger partial charge in [0.25, 0.3) is 0 Å². The van der Waals surface area contributed by atoms with Crippen molar-refractivity contribution in [3.63, 3.8) is 0 Å². The Morgan fingerprint density at radius 3 is 1.62 bits per heavy atom.